The fraction of sp³-hybridized carbons (Fsp3) is 0.640. The molecule has 1 aromatic heterocycles. The Labute approximate surface area is 167 Å². The lowest BCUT2D eigenvalue weighted by molar-refractivity contribution is 0.318. The molecule has 2 atom stereocenters. The van der Waals surface area contributed by atoms with Gasteiger partial charge in [-0.2, -0.15) is 0 Å². The van der Waals surface area contributed by atoms with Crippen LogP contribution in [-0.2, 0) is 6.42 Å². The van der Waals surface area contributed by atoms with E-state index in [0.717, 1.165) is 6.42 Å². The predicted octanol–water partition coefficient (Wildman–Crippen LogP) is 7.61. The van der Waals surface area contributed by atoms with E-state index in [1.54, 1.807) is 0 Å². The Hall–Kier alpha value is -1.57. The van der Waals surface area contributed by atoms with Crippen LogP contribution in [0, 0.1) is 5.92 Å². The normalized spacial score (nSPS) is 13.6. The highest BCUT2D eigenvalue weighted by Gasteiger charge is 2.18. The van der Waals surface area contributed by atoms with Gasteiger partial charge in [-0.15, -0.1) is 0 Å². The summed E-state index contributed by atoms with van der Waals surface area (Å²) in [7, 11) is 0. The van der Waals surface area contributed by atoms with Crippen molar-refractivity contribution in [2.75, 3.05) is 0 Å². The molecule has 0 fully saturated rings. The van der Waals surface area contributed by atoms with E-state index in [9.17, 15) is 0 Å². The number of benzene rings is 1. The second-order valence-corrected chi connectivity index (χ2v) is 8.17. The smallest absolute Gasteiger partial charge is 0.0948 e. The van der Waals surface area contributed by atoms with Gasteiger partial charge in [-0.25, -0.2) is 4.98 Å². The van der Waals surface area contributed by atoms with E-state index < -0.39 is 0 Å². The predicted molar refractivity (Wildman–Crippen MR) is 117 cm³/mol. The molecule has 150 valence electrons. The van der Waals surface area contributed by atoms with E-state index in [2.05, 4.69) is 59.9 Å². The summed E-state index contributed by atoms with van der Waals surface area (Å²) in [6.07, 6.45) is 22.5. The Morgan fingerprint density at radius 2 is 1.48 bits per heavy atom. The lowest BCUT2D eigenvalue weighted by Crippen LogP contribution is -2.18. The van der Waals surface area contributed by atoms with Crippen molar-refractivity contribution in [1.82, 2.24) is 9.55 Å². The molecule has 1 aromatic carbocycles. The number of aromatic nitrogens is 2. The molecule has 27 heavy (non-hydrogen) atoms. The van der Waals surface area contributed by atoms with Crippen LogP contribution < -0.4 is 0 Å². The number of rotatable bonds is 15. The van der Waals surface area contributed by atoms with E-state index >= 15 is 0 Å². The van der Waals surface area contributed by atoms with Crippen molar-refractivity contribution in [3.05, 3.63) is 54.6 Å². The molecule has 0 N–H and O–H groups in total. The highest BCUT2D eigenvalue weighted by Crippen LogP contribution is 2.27. The van der Waals surface area contributed by atoms with Gasteiger partial charge in [0.05, 0.1) is 6.33 Å². The van der Waals surface area contributed by atoms with Crippen LogP contribution in [0.4, 0.5) is 0 Å². The minimum Gasteiger partial charge on any atom is -0.334 e. The van der Waals surface area contributed by atoms with Gasteiger partial charge in [-0.3, -0.25) is 0 Å². The summed E-state index contributed by atoms with van der Waals surface area (Å²) in [5.41, 5.74) is 1.46. The van der Waals surface area contributed by atoms with Gasteiger partial charge < -0.3 is 4.57 Å². The fourth-order valence-electron chi connectivity index (χ4n) is 4.08. The molecule has 0 aliphatic rings. The molecule has 0 aliphatic carbocycles. The summed E-state index contributed by atoms with van der Waals surface area (Å²) in [6.45, 7) is 4.64. The molecule has 2 nitrogen and oxygen atoms in total. The molecule has 2 heteroatoms. The van der Waals surface area contributed by atoms with Crippen molar-refractivity contribution < 1.29 is 0 Å². The summed E-state index contributed by atoms with van der Waals surface area (Å²) in [6, 6.07) is 11.5. The zero-order valence-corrected chi connectivity index (χ0v) is 17.7. The summed E-state index contributed by atoms with van der Waals surface area (Å²) in [5, 5.41) is 0. The summed E-state index contributed by atoms with van der Waals surface area (Å²) >= 11 is 0. The fourth-order valence-corrected chi connectivity index (χ4v) is 4.08. The molecule has 0 bridgehead atoms. The molecule has 0 amide bonds. The van der Waals surface area contributed by atoms with Gasteiger partial charge in [0.25, 0.3) is 0 Å². The maximum Gasteiger partial charge on any atom is 0.0948 e. The van der Waals surface area contributed by atoms with Gasteiger partial charge in [-0.05, 0) is 31.2 Å². The minimum atomic E-state index is 0.506. The molecule has 2 unspecified atom stereocenters. The molecule has 2 aromatic rings. The number of hydrogen-bond donors (Lipinski definition) is 0. The lowest BCUT2D eigenvalue weighted by atomic mass is 9.88. The highest BCUT2D eigenvalue weighted by molar-refractivity contribution is 5.15. The first-order valence-corrected chi connectivity index (χ1v) is 11.3. The number of unbranched alkanes of at least 4 members (excludes halogenated alkanes) is 9. The standard InChI is InChI=1S/C25H40N2/c1-3-4-5-6-7-8-9-10-11-15-18-25(21-24-16-13-12-14-17-24)23(2)27-20-19-26-22-27/h12-14,16-17,19-20,22-23,25H,3-11,15,18,21H2,1-2H3. The summed E-state index contributed by atoms with van der Waals surface area (Å²) in [5.74, 6) is 0.677. The van der Waals surface area contributed by atoms with Crippen molar-refractivity contribution in [2.24, 2.45) is 5.92 Å². The van der Waals surface area contributed by atoms with Gasteiger partial charge in [0.15, 0.2) is 0 Å². The first-order chi connectivity index (χ1) is 13.3. The molecule has 0 spiro atoms. The number of hydrogen-bond acceptors (Lipinski definition) is 1. The zero-order chi connectivity index (χ0) is 19.2. The van der Waals surface area contributed by atoms with Crippen LogP contribution >= 0.6 is 0 Å². The second kappa shape index (κ2) is 13.6. The SMILES string of the molecule is CCCCCCCCCCCCC(Cc1ccccc1)C(C)n1ccnc1. The quantitative estimate of drug-likeness (QED) is 0.296. The molecule has 0 saturated carbocycles. The van der Waals surface area contributed by atoms with Crippen LogP contribution in [0.1, 0.15) is 96.1 Å². The highest BCUT2D eigenvalue weighted by atomic mass is 15.0. The monoisotopic (exact) mass is 368 g/mol. The number of imidazole rings is 1. The molecular formula is C25H40N2. The van der Waals surface area contributed by atoms with Gasteiger partial charge >= 0.3 is 0 Å². The van der Waals surface area contributed by atoms with Gasteiger partial charge in [-0.1, -0.05) is 101 Å². The van der Waals surface area contributed by atoms with Crippen LogP contribution in [0.5, 0.6) is 0 Å². The summed E-state index contributed by atoms with van der Waals surface area (Å²) in [4.78, 5) is 4.25. The Balaban J connectivity index is 1.69. The van der Waals surface area contributed by atoms with E-state index in [0.29, 0.717) is 12.0 Å². The molecule has 0 saturated heterocycles. The molecule has 2 rings (SSSR count). The largest absolute Gasteiger partial charge is 0.334 e. The van der Waals surface area contributed by atoms with Crippen molar-refractivity contribution in [1.29, 1.82) is 0 Å². The maximum absolute atomic E-state index is 4.25. The Kier molecular flexibility index (Phi) is 10.9. The summed E-state index contributed by atoms with van der Waals surface area (Å²) < 4.78 is 2.28. The lowest BCUT2D eigenvalue weighted by Gasteiger charge is -2.25. The van der Waals surface area contributed by atoms with Crippen LogP contribution in [0.3, 0.4) is 0 Å². The third-order valence-corrected chi connectivity index (χ3v) is 5.95. The van der Waals surface area contributed by atoms with Crippen molar-refractivity contribution >= 4 is 0 Å². The Morgan fingerprint density at radius 1 is 0.852 bits per heavy atom. The van der Waals surface area contributed by atoms with E-state index in [1.165, 1.54) is 76.2 Å². The maximum atomic E-state index is 4.25. The van der Waals surface area contributed by atoms with Crippen LogP contribution in [0.2, 0.25) is 0 Å². The Bertz CT molecular complexity index is 561. The van der Waals surface area contributed by atoms with Crippen molar-refractivity contribution in [3.63, 3.8) is 0 Å². The third kappa shape index (κ3) is 8.77. The average Bonchev–Trinajstić information content (AvgIpc) is 3.23. The average molecular weight is 369 g/mol. The van der Waals surface area contributed by atoms with Crippen molar-refractivity contribution in [3.8, 4) is 0 Å². The first kappa shape index (κ1) is 21.7. The molecular weight excluding hydrogens is 328 g/mol. The Morgan fingerprint density at radius 3 is 2.07 bits per heavy atom. The van der Waals surface area contributed by atoms with E-state index in [1.807, 2.05) is 12.5 Å². The van der Waals surface area contributed by atoms with Crippen molar-refractivity contribution in [2.45, 2.75) is 96.9 Å². The third-order valence-electron chi connectivity index (χ3n) is 5.95. The second-order valence-electron chi connectivity index (χ2n) is 8.17. The topological polar surface area (TPSA) is 17.8 Å². The van der Waals surface area contributed by atoms with Crippen LogP contribution in [0.15, 0.2) is 49.1 Å². The molecule has 1 heterocycles. The van der Waals surface area contributed by atoms with E-state index in [-0.39, 0.29) is 0 Å². The van der Waals surface area contributed by atoms with Crippen LogP contribution in [0.25, 0.3) is 0 Å². The first-order valence-electron chi connectivity index (χ1n) is 11.3. The zero-order valence-electron chi connectivity index (χ0n) is 17.7. The van der Waals surface area contributed by atoms with Gasteiger partial charge in [0, 0.05) is 18.4 Å². The van der Waals surface area contributed by atoms with E-state index in [4.69, 9.17) is 0 Å². The number of nitrogens with zero attached hydrogens (tertiary/aromatic N) is 2. The van der Waals surface area contributed by atoms with Gasteiger partial charge in [0.1, 0.15) is 0 Å². The molecule has 0 aliphatic heterocycles. The minimum absolute atomic E-state index is 0.506. The molecule has 0 radical (unpaired) electrons. The van der Waals surface area contributed by atoms with Gasteiger partial charge in [0.2, 0.25) is 0 Å². The van der Waals surface area contributed by atoms with Crippen LogP contribution in [-0.4, -0.2) is 9.55 Å².